The van der Waals surface area contributed by atoms with Gasteiger partial charge in [-0.3, -0.25) is 0 Å². The van der Waals surface area contributed by atoms with Crippen LogP contribution in [0.15, 0.2) is 0 Å². The zero-order valence-electron chi connectivity index (χ0n) is 7.62. The van der Waals surface area contributed by atoms with Gasteiger partial charge in [0.25, 0.3) is 0 Å². The van der Waals surface area contributed by atoms with Crippen molar-refractivity contribution in [3.63, 3.8) is 0 Å². The lowest BCUT2D eigenvalue weighted by Gasteiger charge is -2.28. The lowest BCUT2D eigenvalue weighted by Crippen LogP contribution is -2.35. The zero-order chi connectivity index (χ0) is 8.81. The molecule has 0 saturated carbocycles. The van der Waals surface area contributed by atoms with Crippen molar-refractivity contribution in [2.24, 2.45) is 0 Å². The molecular formula is C8H16O3S. The van der Waals surface area contributed by atoms with Gasteiger partial charge in [0, 0.05) is 24.7 Å². The Kier molecular flexibility index (Phi) is 4.99. The van der Waals surface area contributed by atoms with Crippen molar-refractivity contribution >= 4 is 11.8 Å². The SMILES string of the molecule is CCOC1CSCC(OCC)O1. The highest BCUT2D eigenvalue weighted by molar-refractivity contribution is 7.99. The predicted octanol–water partition coefficient (Wildman–Crippen LogP) is 1.47. The molecule has 0 aliphatic carbocycles. The van der Waals surface area contributed by atoms with E-state index in [0.717, 1.165) is 11.5 Å². The van der Waals surface area contributed by atoms with Crippen LogP contribution in [0, 0.1) is 0 Å². The molecule has 0 aromatic heterocycles. The minimum Gasteiger partial charge on any atom is -0.352 e. The molecule has 1 aliphatic heterocycles. The van der Waals surface area contributed by atoms with Gasteiger partial charge < -0.3 is 14.2 Å². The van der Waals surface area contributed by atoms with E-state index >= 15 is 0 Å². The molecule has 0 aromatic carbocycles. The largest absolute Gasteiger partial charge is 0.352 e. The summed E-state index contributed by atoms with van der Waals surface area (Å²) in [6, 6.07) is 0. The summed E-state index contributed by atoms with van der Waals surface area (Å²) in [5.41, 5.74) is 0. The molecule has 1 saturated heterocycles. The molecule has 0 amide bonds. The van der Waals surface area contributed by atoms with Gasteiger partial charge >= 0.3 is 0 Å². The molecule has 0 N–H and O–H groups in total. The van der Waals surface area contributed by atoms with Crippen LogP contribution in [0.25, 0.3) is 0 Å². The Labute approximate surface area is 77.8 Å². The Balaban J connectivity index is 2.20. The van der Waals surface area contributed by atoms with Crippen molar-refractivity contribution < 1.29 is 14.2 Å². The molecule has 4 heteroatoms. The second-order valence-corrected chi connectivity index (χ2v) is 3.52. The molecule has 3 nitrogen and oxygen atoms in total. The van der Waals surface area contributed by atoms with E-state index in [4.69, 9.17) is 14.2 Å². The van der Waals surface area contributed by atoms with Gasteiger partial charge in [-0.15, -0.1) is 0 Å². The molecule has 0 bridgehead atoms. The fourth-order valence-electron chi connectivity index (χ4n) is 1.05. The lowest BCUT2D eigenvalue weighted by atomic mass is 10.6. The molecule has 0 aromatic rings. The number of rotatable bonds is 4. The highest BCUT2D eigenvalue weighted by Gasteiger charge is 2.22. The van der Waals surface area contributed by atoms with Crippen molar-refractivity contribution in [2.45, 2.75) is 26.4 Å². The zero-order valence-corrected chi connectivity index (χ0v) is 8.43. The Morgan fingerprint density at radius 1 is 1.17 bits per heavy atom. The van der Waals surface area contributed by atoms with E-state index in [-0.39, 0.29) is 12.6 Å². The molecule has 0 spiro atoms. The molecule has 1 heterocycles. The second-order valence-electron chi connectivity index (χ2n) is 2.44. The van der Waals surface area contributed by atoms with Crippen molar-refractivity contribution in [3.05, 3.63) is 0 Å². The molecule has 2 atom stereocenters. The maximum atomic E-state index is 5.50. The monoisotopic (exact) mass is 192 g/mol. The number of hydrogen-bond donors (Lipinski definition) is 0. The van der Waals surface area contributed by atoms with E-state index in [2.05, 4.69) is 0 Å². The van der Waals surface area contributed by atoms with Crippen LogP contribution in [0.4, 0.5) is 0 Å². The minimum absolute atomic E-state index is 0.0784. The number of ether oxygens (including phenoxy) is 3. The minimum atomic E-state index is -0.0784. The van der Waals surface area contributed by atoms with Gasteiger partial charge in [0.05, 0.1) is 0 Å². The number of hydrogen-bond acceptors (Lipinski definition) is 4. The van der Waals surface area contributed by atoms with E-state index in [1.807, 2.05) is 25.6 Å². The van der Waals surface area contributed by atoms with Gasteiger partial charge in [-0.2, -0.15) is 11.8 Å². The predicted molar refractivity (Wildman–Crippen MR) is 49.2 cm³/mol. The first-order chi connectivity index (χ1) is 5.86. The number of thioether (sulfide) groups is 1. The summed E-state index contributed by atoms with van der Waals surface area (Å²) in [7, 11) is 0. The van der Waals surface area contributed by atoms with E-state index in [1.54, 1.807) is 0 Å². The third-order valence-electron chi connectivity index (χ3n) is 1.52. The summed E-state index contributed by atoms with van der Waals surface area (Å²) >= 11 is 1.82. The summed E-state index contributed by atoms with van der Waals surface area (Å²) in [5, 5.41) is 0. The molecule has 0 radical (unpaired) electrons. The Morgan fingerprint density at radius 2 is 1.67 bits per heavy atom. The van der Waals surface area contributed by atoms with Crippen LogP contribution in [0.3, 0.4) is 0 Å². The fourth-order valence-corrected chi connectivity index (χ4v) is 1.93. The summed E-state index contributed by atoms with van der Waals surface area (Å²) in [6.07, 6.45) is -0.157. The lowest BCUT2D eigenvalue weighted by molar-refractivity contribution is -0.228. The second kappa shape index (κ2) is 5.80. The van der Waals surface area contributed by atoms with Gasteiger partial charge in [-0.25, -0.2) is 0 Å². The average molecular weight is 192 g/mol. The summed E-state index contributed by atoms with van der Waals surface area (Å²) in [6.45, 7) is 5.34. The molecule has 12 heavy (non-hydrogen) atoms. The quantitative estimate of drug-likeness (QED) is 0.674. The van der Waals surface area contributed by atoms with E-state index in [0.29, 0.717) is 13.2 Å². The molecule has 72 valence electrons. The highest BCUT2D eigenvalue weighted by atomic mass is 32.2. The van der Waals surface area contributed by atoms with Gasteiger partial charge in [0.1, 0.15) is 0 Å². The summed E-state index contributed by atoms with van der Waals surface area (Å²) in [4.78, 5) is 0. The molecule has 1 aliphatic rings. The smallest absolute Gasteiger partial charge is 0.169 e. The van der Waals surface area contributed by atoms with Gasteiger partial charge in [-0.1, -0.05) is 0 Å². The average Bonchev–Trinajstić information content (AvgIpc) is 2.06. The summed E-state index contributed by atoms with van der Waals surface area (Å²) < 4.78 is 16.2. The van der Waals surface area contributed by atoms with Crippen molar-refractivity contribution in [3.8, 4) is 0 Å². The van der Waals surface area contributed by atoms with Crippen LogP contribution >= 0.6 is 11.8 Å². The molecule has 1 rings (SSSR count). The van der Waals surface area contributed by atoms with Crippen LogP contribution < -0.4 is 0 Å². The van der Waals surface area contributed by atoms with Crippen molar-refractivity contribution in [1.29, 1.82) is 0 Å². The van der Waals surface area contributed by atoms with Crippen LogP contribution in [0.5, 0.6) is 0 Å². The van der Waals surface area contributed by atoms with Crippen LogP contribution in [-0.4, -0.2) is 37.3 Å². The first kappa shape index (κ1) is 10.3. The van der Waals surface area contributed by atoms with E-state index in [1.165, 1.54) is 0 Å². The normalized spacial score (nSPS) is 30.5. The van der Waals surface area contributed by atoms with Gasteiger partial charge in [0.15, 0.2) is 12.6 Å². The van der Waals surface area contributed by atoms with E-state index in [9.17, 15) is 0 Å². The molecule has 1 fully saturated rings. The Bertz CT molecular complexity index is 105. The third-order valence-corrected chi connectivity index (χ3v) is 2.53. The topological polar surface area (TPSA) is 27.7 Å². The molecule has 2 unspecified atom stereocenters. The fraction of sp³-hybridized carbons (Fsp3) is 1.00. The van der Waals surface area contributed by atoms with Crippen LogP contribution in [0.2, 0.25) is 0 Å². The molecular weight excluding hydrogens is 176 g/mol. The maximum absolute atomic E-state index is 5.50. The van der Waals surface area contributed by atoms with Crippen molar-refractivity contribution in [1.82, 2.24) is 0 Å². The Hall–Kier alpha value is 0.230. The summed E-state index contributed by atoms with van der Waals surface area (Å²) in [5.74, 6) is 1.83. The Morgan fingerprint density at radius 3 is 2.08 bits per heavy atom. The maximum Gasteiger partial charge on any atom is 0.169 e. The van der Waals surface area contributed by atoms with E-state index < -0.39 is 0 Å². The van der Waals surface area contributed by atoms with Crippen LogP contribution in [-0.2, 0) is 14.2 Å². The van der Waals surface area contributed by atoms with Gasteiger partial charge in [-0.05, 0) is 13.8 Å². The van der Waals surface area contributed by atoms with Gasteiger partial charge in [0.2, 0.25) is 0 Å². The third kappa shape index (κ3) is 3.31. The van der Waals surface area contributed by atoms with Crippen molar-refractivity contribution in [2.75, 3.05) is 24.7 Å². The standard InChI is InChI=1S/C8H16O3S/c1-3-9-7-5-12-6-8(11-7)10-4-2/h7-8H,3-6H2,1-2H3. The first-order valence-corrected chi connectivity index (χ1v) is 5.48. The first-order valence-electron chi connectivity index (χ1n) is 4.33. The highest BCUT2D eigenvalue weighted by Crippen LogP contribution is 2.19. The van der Waals surface area contributed by atoms with Crippen LogP contribution in [0.1, 0.15) is 13.8 Å².